The van der Waals surface area contributed by atoms with Crippen molar-refractivity contribution in [3.8, 4) is 0 Å². The van der Waals surface area contributed by atoms with Crippen molar-refractivity contribution in [2.24, 2.45) is 0 Å². The first-order valence-electron chi connectivity index (χ1n) is 5.06. The van der Waals surface area contributed by atoms with Crippen LogP contribution in [-0.4, -0.2) is 15.7 Å². The average molecular weight is 219 g/mol. The molecule has 2 aromatic heterocycles. The van der Waals surface area contributed by atoms with Crippen molar-refractivity contribution >= 4 is 5.91 Å². The van der Waals surface area contributed by atoms with Gasteiger partial charge >= 0.3 is 0 Å². The van der Waals surface area contributed by atoms with E-state index in [1.807, 2.05) is 6.07 Å². The third kappa shape index (κ3) is 2.31. The van der Waals surface area contributed by atoms with E-state index < -0.39 is 0 Å². The number of nitrogens with one attached hydrogen (secondary N) is 1. The van der Waals surface area contributed by atoms with Crippen molar-refractivity contribution < 1.29 is 9.21 Å². The zero-order chi connectivity index (χ0) is 11.4. The minimum atomic E-state index is -0.315. The summed E-state index contributed by atoms with van der Waals surface area (Å²) < 4.78 is 6.73. The van der Waals surface area contributed by atoms with E-state index in [9.17, 15) is 4.79 Å². The second-order valence-electron chi connectivity index (χ2n) is 3.46. The van der Waals surface area contributed by atoms with Crippen molar-refractivity contribution in [1.29, 1.82) is 0 Å². The van der Waals surface area contributed by atoms with Crippen LogP contribution in [0.2, 0.25) is 0 Å². The first-order valence-corrected chi connectivity index (χ1v) is 5.06. The van der Waals surface area contributed by atoms with Crippen LogP contribution < -0.4 is 5.32 Å². The second-order valence-corrected chi connectivity index (χ2v) is 3.46. The standard InChI is InChI=1S/C11H13N3O2/c1-9(14-6-3-5-13-14)11(15)12-8-10-4-2-7-16-10/h2-7,9H,8H2,1H3,(H,12,15). The summed E-state index contributed by atoms with van der Waals surface area (Å²) in [6, 6.07) is 5.08. The smallest absolute Gasteiger partial charge is 0.244 e. The molecular formula is C11H13N3O2. The zero-order valence-electron chi connectivity index (χ0n) is 8.96. The van der Waals surface area contributed by atoms with Crippen molar-refractivity contribution in [1.82, 2.24) is 15.1 Å². The molecule has 5 heteroatoms. The third-order valence-electron chi connectivity index (χ3n) is 2.32. The lowest BCUT2D eigenvalue weighted by molar-refractivity contribution is -0.124. The molecule has 0 bridgehead atoms. The van der Waals surface area contributed by atoms with Crippen molar-refractivity contribution in [3.05, 3.63) is 42.6 Å². The van der Waals surface area contributed by atoms with Crippen molar-refractivity contribution in [3.63, 3.8) is 0 Å². The number of furan rings is 1. The predicted octanol–water partition coefficient (Wildman–Crippen LogP) is 1.35. The fourth-order valence-electron chi connectivity index (χ4n) is 1.36. The van der Waals surface area contributed by atoms with Gasteiger partial charge in [-0.1, -0.05) is 0 Å². The van der Waals surface area contributed by atoms with Gasteiger partial charge in [-0.15, -0.1) is 0 Å². The first kappa shape index (κ1) is 10.5. The Hall–Kier alpha value is -2.04. The number of carbonyl (C=O) groups is 1. The summed E-state index contributed by atoms with van der Waals surface area (Å²) in [5.74, 6) is 0.654. The molecule has 0 saturated heterocycles. The Morgan fingerprint density at radius 2 is 2.50 bits per heavy atom. The van der Waals surface area contributed by atoms with Crippen LogP contribution >= 0.6 is 0 Å². The van der Waals surface area contributed by atoms with E-state index in [2.05, 4.69) is 10.4 Å². The molecule has 0 aliphatic rings. The summed E-state index contributed by atoms with van der Waals surface area (Å²) in [6.07, 6.45) is 4.99. The fraction of sp³-hybridized carbons (Fsp3) is 0.273. The van der Waals surface area contributed by atoms with E-state index >= 15 is 0 Å². The summed E-state index contributed by atoms with van der Waals surface area (Å²) in [5, 5.41) is 6.79. The van der Waals surface area contributed by atoms with Gasteiger partial charge in [-0.25, -0.2) is 0 Å². The number of aromatic nitrogens is 2. The molecule has 0 saturated carbocycles. The molecule has 2 heterocycles. The lowest BCUT2D eigenvalue weighted by Crippen LogP contribution is -2.30. The Bertz CT molecular complexity index is 434. The molecule has 1 amide bonds. The summed E-state index contributed by atoms with van der Waals surface area (Å²) in [5.41, 5.74) is 0. The Morgan fingerprint density at radius 1 is 1.62 bits per heavy atom. The van der Waals surface area contributed by atoms with E-state index in [0.29, 0.717) is 6.54 Å². The highest BCUT2D eigenvalue weighted by molar-refractivity contribution is 5.79. The molecule has 16 heavy (non-hydrogen) atoms. The van der Waals surface area contributed by atoms with Crippen LogP contribution in [0.4, 0.5) is 0 Å². The maximum Gasteiger partial charge on any atom is 0.244 e. The molecule has 0 aliphatic heterocycles. The normalized spacial score (nSPS) is 12.3. The van der Waals surface area contributed by atoms with Gasteiger partial charge in [-0.3, -0.25) is 9.48 Å². The number of hydrogen-bond acceptors (Lipinski definition) is 3. The van der Waals surface area contributed by atoms with Crippen LogP contribution in [-0.2, 0) is 11.3 Å². The highest BCUT2D eigenvalue weighted by Crippen LogP contribution is 2.04. The molecule has 0 aliphatic carbocycles. The molecule has 2 rings (SSSR count). The molecule has 0 radical (unpaired) electrons. The quantitative estimate of drug-likeness (QED) is 0.844. The zero-order valence-corrected chi connectivity index (χ0v) is 8.96. The van der Waals surface area contributed by atoms with E-state index in [-0.39, 0.29) is 11.9 Å². The maximum atomic E-state index is 11.7. The van der Waals surface area contributed by atoms with E-state index in [1.165, 1.54) is 0 Å². The monoisotopic (exact) mass is 219 g/mol. The highest BCUT2D eigenvalue weighted by Gasteiger charge is 2.14. The van der Waals surface area contributed by atoms with Gasteiger partial charge in [0.1, 0.15) is 11.8 Å². The molecule has 1 atom stereocenters. The Labute approximate surface area is 93.1 Å². The van der Waals surface area contributed by atoms with E-state index in [0.717, 1.165) is 5.76 Å². The van der Waals surface area contributed by atoms with Gasteiger partial charge in [0.05, 0.1) is 12.8 Å². The van der Waals surface area contributed by atoms with Crippen molar-refractivity contribution in [2.45, 2.75) is 19.5 Å². The highest BCUT2D eigenvalue weighted by atomic mass is 16.3. The Kier molecular flexibility index (Phi) is 3.05. The molecule has 5 nitrogen and oxygen atoms in total. The van der Waals surface area contributed by atoms with Gasteiger partial charge in [0.25, 0.3) is 0 Å². The van der Waals surface area contributed by atoms with Gasteiger partial charge < -0.3 is 9.73 Å². The molecular weight excluding hydrogens is 206 g/mol. The van der Waals surface area contributed by atoms with Crippen LogP contribution in [0.15, 0.2) is 41.3 Å². The van der Waals surface area contributed by atoms with Crippen molar-refractivity contribution in [2.75, 3.05) is 0 Å². The minimum absolute atomic E-state index is 0.0832. The van der Waals surface area contributed by atoms with E-state index in [4.69, 9.17) is 4.42 Å². The second kappa shape index (κ2) is 4.65. The van der Waals surface area contributed by atoms with Gasteiger partial charge in [0.2, 0.25) is 5.91 Å². The van der Waals surface area contributed by atoms with Crippen LogP contribution in [0.1, 0.15) is 18.7 Å². The largest absolute Gasteiger partial charge is 0.467 e. The van der Waals surface area contributed by atoms with Gasteiger partial charge in [-0.2, -0.15) is 5.10 Å². The van der Waals surface area contributed by atoms with Gasteiger partial charge in [-0.05, 0) is 25.1 Å². The van der Waals surface area contributed by atoms with Crippen LogP contribution in [0, 0.1) is 0 Å². The molecule has 0 fully saturated rings. The molecule has 1 unspecified atom stereocenters. The number of carbonyl (C=O) groups excluding carboxylic acids is 1. The third-order valence-corrected chi connectivity index (χ3v) is 2.32. The number of rotatable bonds is 4. The summed E-state index contributed by atoms with van der Waals surface area (Å²) in [7, 11) is 0. The fourth-order valence-corrected chi connectivity index (χ4v) is 1.36. The number of hydrogen-bond donors (Lipinski definition) is 1. The number of amides is 1. The summed E-state index contributed by atoms with van der Waals surface area (Å²) >= 11 is 0. The Morgan fingerprint density at radius 3 is 3.12 bits per heavy atom. The maximum absolute atomic E-state index is 11.7. The summed E-state index contributed by atoms with van der Waals surface area (Å²) in [4.78, 5) is 11.7. The molecule has 84 valence electrons. The molecule has 0 aromatic carbocycles. The average Bonchev–Trinajstić information content (AvgIpc) is 2.96. The lowest BCUT2D eigenvalue weighted by atomic mass is 10.3. The topological polar surface area (TPSA) is 60.1 Å². The van der Waals surface area contributed by atoms with Crippen LogP contribution in [0.5, 0.6) is 0 Å². The molecule has 2 aromatic rings. The van der Waals surface area contributed by atoms with Gasteiger partial charge in [0.15, 0.2) is 0 Å². The molecule has 1 N–H and O–H groups in total. The minimum Gasteiger partial charge on any atom is -0.467 e. The SMILES string of the molecule is CC(C(=O)NCc1ccco1)n1cccn1. The van der Waals surface area contributed by atoms with Gasteiger partial charge in [0, 0.05) is 12.4 Å². The van der Waals surface area contributed by atoms with Crippen LogP contribution in [0.25, 0.3) is 0 Å². The molecule has 0 spiro atoms. The van der Waals surface area contributed by atoms with Crippen LogP contribution in [0.3, 0.4) is 0 Å². The summed E-state index contributed by atoms with van der Waals surface area (Å²) in [6.45, 7) is 2.20. The van der Waals surface area contributed by atoms with E-state index in [1.54, 1.807) is 42.4 Å². The number of nitrogens with zero attached hydrogens (tertiary/aromatic N) is 2. The predicted molar refractivity (Wildman–Crippen MR) is 57.5 cm³/mol. The first-order chi connectivity index (χ1) is 7.77. The Balaban J connectivity index is 1.89. The lowest BCUT2D eigenvalue weighted by Gasteiger charge is -2.11.